The minimum atomic E-state index is -0.588. The lowest BCUT2D eigenvalue weighted by Crippen LogP contribution is -2.44. The quantitative estimate of drug-likeness (QED) is 0.582. The maximum absolute atomic E-state index is 15.0. The number of fused-ring (bicyclic) bond motifs is 1. The van der Waals surface area contributed by atoms with E-state index in [0.29, 0.717) is 42.4 Å². The SMILES string of the molecule is C[C@@H]1COCCN1c1cc(-c2ccnn2C)c2c(F)nc(-c3ccn[nH]3)n2n1. The molecule has 1 saturated heterocycles. The van der Waals surface area contributed by atoms with Gasteiger partial charge in [0.05, 0.1) is 24.9 Å². The van der Waals surface area contributed by atoms with E-state index in [1.54, 1.807) is 27.7 Å². The molecule has 0 saturated carbocycles. The van der Waals surface area contributed by atoms with E-state index in [-0.39, 0.29) is 6.04 Å². The predicted octanol–water partition coefficient (Wildman–Crippen LogP) is 1.88. The van der Waals surface area contributed by atoms with Gasteiger partial charge in [0.25, 0.3) is 0 Å². The van der Waals surface area contributed by atoms with Crippen LogP contribution in [0.25, 0.3) is 28.3 Å². The molecule has 10 heteroatoms. The first-order valence-electron chi connectivity index (χ1n) is 9.05. The minimum Gasteiger partial charge on any atom is -0.377 e. The standard InChI is InChI=1S/C18H19FN8O/c1-11-10-28-8-7-26(11)15-9-12(14-4-6-21-25(14)2)16-17(19)22-18(27(16)24-15)13-3-5-20-23-13/h3-6,9,11H,7-8,10H2,1-2H3,(H,20,23)/t11-/m1/s1. The van der Waals surface area contributed by atoms with Crippen molar-refractivity contribution >= 4 is 11.3 Å². The Kier molecular flexibility index (Phi) is 3.86. The Bertz CT molecular complexity index is 1130. The molecule has 0 bridgehead atoms. The van der Waals surface area contributed by atoms with E-state index >= 15 is 0 Å². The Morgan fingerprint density at radius 1 is 1.29 bits per heavy atom. The number of nitrogens with one attached hydrogen (secondary N) is 1. The minimum absolute atomic E-state index is 0.155. The first-order chi connectivity index (χ1) is 13.6. The fourth-order valence-corrected chi connectivity index (χ4v) is 3.63. The maximum Gasteiger partial charge on any atom is 0.241 e. The number of ether oxygens (including phenoxy) is 1. The number of aromatic nitrogens is 7. The van der Waals surface area contributed by atoms with Crippen LogP contribution in [-0.4, -0.2) is 60.4 Å². The number of morpholine rings is 1. The summed E-state index contributed by atoms with van der Waals surface area (Å²) in [5.74, 6) is 0.517. The molecule has 1 atom stereocenters. The average Bonchev–Trinajstić information content (AvgIpc) is 3.42. The van der Waals surface area contributed by atoms with Crippen molar-refractivity contribution < 1.29 is 9.13 Å². The van der Waals surface area contributed by atoms with E-state index in [0.717, 1.165) is 11.5 Å². The van der Waals surface area contributed by atoms with Crippen LogP contribution in [0.2, 0.25) is 0 Å². The van der Waals surface area contributed by atoms with Crippen LogP contribution in [0.15, 0.2) is 30.6 Å². The number of rotatable bonds is 3. The maximum atomic E-state index is 15.0. The number of nitrogens with zero attached hydrogens (tertiary/aromatic N) is 7. The molecule has 1 fully saturated rings. The molecule has 0 amide bonds. The van der Waals surface area contributed by atoms with Crippen molar-refractivity contribution in [1.82, 2.24) is 34.6 Å². The summed E-state index contributed by atoms with van der Waals surface area (Å²) in [6.07, 6.45) is 3.29. The third-order valence-corrected chi connectivity index (χ3v) is 5.04. The van der Waals surface area contributed by atoms with Gasteiger partial charge in [0.2, 0.25) is 5.95 Å². The van der Waals surface area contributed by atoms with Crippen LogP contribution in [-0.2, 0) is 11.8 Å². The van der Waals surface area contributed by atoms with Gasteiger partial charge in [-0.05, 0) is 25.1 Å². The molecule has 1 aliphatic rings. The van der Waals surface area contributed by atoms with Crippen molar-refractivity contribution in [3.63, 3.8) is 0 Å². The smallest absolute Gasteiger partial charge is 0.241 e. The van der Waals surface area contributed by atoms with E-state index in [1.165, 1.54) is 0 Å². The van der Waals surface area contributed by atoms with Crippen LogP contribution in [0.4, 0.5) is 10.2 Å². The van der Waals surface area contributed by atoms with Gasteiger partial charge in [-0.15, -0.1) is 5.10 Å². The Labute approximate surface area is 159 Å². The normalized spacial score (nSPS) is 17.5. The van der Waals surface area contributed by atoms with E-state index in [9.17, 15) is 4.39 Å². The summed E-state index contributed by atoms with van der Waals surface area (Å²) < 4.78 is 23.8. The van der Waals surface area contributed by atoms with Gasteiger partial charge in [0.1, 0.15) is 11.2 Å². The second-order valence-electron chi connectivity index (χ2n) is 6.83. The van der Waals surface area contributed by atoms with Crippen molar-refractivity contribution in [2.24, 2.45) is 7.05 Å². The molecular weight excluding hydrogens is 363 g/mol. The van der Waals surface area contributed by atoms with Crippen LogP contribution in [0, 0.1) is 5.95 Å². The second-order valence-corrected chi connectivity index (χ2v) is 6.83. The van der Waals surface area contributed by atoms with E-state index < -0.39 is 5.95 Å². The highest BCUT2D eigenvalue weighted by atomic mass is 19.1. The van der Waals surface area contributed by atoms with Gasteiger partial charge < -0.3 is 9.64 Å². The van der Waals surface area contributed by atoms with Crippen molar-refractivity contribution in [3.05, 3.63) is 36.5 Å². The van der Waals surface area contributed by atoms with E-state index in [2.05, 4.69) is 32.1 Å². The molecule has 4 aromatic rings. The van der Waals surface area contributed by atoms with E-state index in [1.807, 2.05) is 19.2 Å². The zero-order valence-corrected chi connectivity index (χ0v) is 15.5. The van der Waals surface area contributed by atoms with Gasteiger partial charge in [-0.3, -0.25) is 9.78 Å². The molecule has 0 aliphatic carbocycles. The first kappa shape index (κ1) is 16.9. The zero-order valence-electron chi connectivity index (χ0n) is 15.5. The lowest BCUT2D eigenvalue weighted by atomic mass is 10.1. The summed E-state index contributed by atoms with van der Waals surface area (Å²) in [6, 6.07) is 5.64. The number of H-pyrrole nitrogens is 1. The van der Waals surface area contributed by atoms with Crippen LogP contribution >= 0.6 is 0 Å². The summed E-state index contributed by atoms with van der Waals surface area (Å²) in [5.41, 5.74) is 2.36. The van der Waals surface area contributed by atoms with Crippen molar-refractivity contribution in [2.75, 3.05) is 24.7 Å². The van der Waals surface area contributed by atoms with Crippen LogP contribution in [0.5, 0.6) is 0 Å². The lowest BCUT2D eigenvalue weighted by Gasteiger charge is -2.34. The molecule has 0 unspecified atom stereocenters. The molecular formula is C18H19FN8O. The Morgan fingerprint density at radius 3 is 2.89 bits per heavy atom. The molecule has 1 aliphatic heterocycles. The number of hydrogen-bond donors (Lipinski definition) is 1. The summed E-state index contributed by atoms with van der Waals surface area (Å²) in [7, 11) is 1.83. The highest BCUT2D eigenvalue weighted by Gasteiger charge is 2.26. The first-order valence-corrected chi connectivity index (χ1v) is 9.05. The van der Waals surface area contributed by atoms with E-state index in [4.69, 9.17) is 9.84 Å². The highest BCUT2D eigenvalue weighted by Crippen LogP contribution is 2.32. The van der Waals surface area contributed by atoms with Crippen LogP contribution in [0.1, 0.15) is 6.92 Å². The molecule has 1 N–H and O–H groups in total. The topological polar surface area (TPSA) is 89.2 Å². The molecule has 4 aromatic heterocycles. The largest absolute Gasteiger partial charge is 0.377 e. The Morgan fingerprint density at radius 2 is 2.18 bits per heavy atom. The summed E-state index contributed by atoms with van der Waals surface area (Å²) in [4.78, 5) is 6.29. The van der Waals surface area contributed by atoms with Gasteiger partial charge in [-0.25, -0.2) is 4.52 Å². The monoisotopic (exact) mass is 382 g/mol. The molecule has 0 radical (unpaired) electrons. The van der Waals surface area contributed by atoms with Crippen LogP contribution < -0.4 is 4.90 Å². The Balaban J connectivity index is 1.80. The Hall–Kier alpha value is -3.27. The van der Waals surface area contributed by atoms with Crippen molar-refractivity contribution in [1.29, 1.82) is 0 Å². The average molecular weight is 382 g/mol. The van der Waals surface area contributed by atoms with Gasteiger partial charge in [0, 0.05) is 31.5 Å². The lowest BCUT2D eigenvalue weighted by molar-refractivity contribution is 0.0984. The molecule has 5 heterocycles. The number of imidazole rings is 1. The van der Waals surface area contributed by atoms with Crippen LogP contribution in [0.3, 0.4) is 0 Å². The highest BCUT2D eigenvalue weighted by molar-refractivity contribution is 5.82. The predicted molar refractivity (Wildman–Crippen MR) is 100 cm³/mol. The van der Waals surface area contributed by atoms with Gasteiger partial charge in [-0.1, -0.05) is 0 Å². The number of aryl methyl sites for hydroxylation is 1. The van der Waals surface area contributed by atoms with Crippen molar-refractivity contribution in [3.8, 4) is 22.8 Å². The van der Waals surface area contributed by atoms with Gasteiger partial charge in [0.15, 0.2) is 11.6 Å². The fraction of sp³-hybridized carbons (Fsp3) is 0.333. The zero-order chi connectivity index (χ0) is 19.3. The molecule has 9 nitrogen and oxygen atoms in total. The second kappa shape index (κ2) is 6.41. The molecule has 0 aromatic carbocycles. The van der Waals surface area contributed by atoms with Gasteiger partial charge in [-0.2, -0.15) is 19.6 Å². The number of aromatic amines is 1. The third-order valence-electron chi connectivity index (χ3n) is 5.04. The molecule has 0 spiro atoms. The third kappa shape index (κ3) is 2.56. The number of anilines is 1. The molecule has 5 rings (SSSR count). The van der Waals surface area contributed by atoms with Gasteiger partial charge >= 0.3 is 0 Å². The fourth-order valence-electron chi connectivity index (χ4n) is 3.63. The summed E-state index contributed by atoms with van der Waals surface area (Å²) in [5, 5.41) is 15.8. The molecule has 144 valence electrons. The summed E-state index contributed by atoms with van der Waals surface area (Å²) >= 11 is 0. The molecule has 28 heavy (non-hydrogen) atoms. The number of halogens is 1. The van der Waals surface area contributed by atoms with Crippen molar-refractivity contribution in [2.45, 2.75) is 13.0 Å². The summed E-state index contributed by atoms with van der Waals surface area (Å²) in [6.45, 7) is 4.03. The number of hydrogen-bond acceptors (Lipinski definition) is 6.